The van der Waals surface area contributed by atoms with Gasteiger partial charge in [-0.25, -0.2) is 0 Å². The van der Waals surface area contributed by atoms with Crippen LogP contribution in [-0.4, -0.2) is 129 Å². The minimum Gasteiger partial charge on any atom is -0.493 e. The van der Waals surface area contributed by atoms with Crippen LogP contribution in [0.3, 0.4) is 0 Å². The van der Waals surface area contributed by atoms with E-state index in [0.29, 0.717) is 52.5 Å². The SMILES string of the molecule is COCCC(=O)N(CCN1CCOCC1)C1CC(C(=O)NCCO)=CC(Oc2c(I)cc(CO)cc2OC)C1O. The summed E-state index contributed by atoms with van der Waals surface area (Å²) in [5.41, 5.74) is 0.971. The van der Waals surface area contributed by atoms with Gasteiger partial charge in [-0.1, -0.05) is 0 Å². The molecule has 2 amide bonds. The molecule has 4 N–H and O–H groups in total. The lowest BCUT2D eigenvalue weighted by molar-refractivity contribution is -0.140. The number of rotatable bonds is 14. The number of amides is 2. The van der Waals surface area contributed by atoms with Gasteiger partial charge in [0.05, 0.1) is 56.2 Å². The van der Waals surface area contributed by atoms with Gasteiger partial charge in [-0.2, -0.15) is 0 Å². The third kappa shape index (κ3) is 8.74. The number of benzene rings is 1. The van der Waals surface area contributed by atoms with Crippen molar-refractivity contribution < 1.29 is 43.9 Å². The number of morpholine rings is 1. The molecule has 224 valence electrons. The Kier molecular flexibility index (Phi) is 13.4. The fourth-order valence-electron chi connectivity index (χ4n) is 4.78. The minimum absolute atomic E-state index is 0.0662. The van der Waals surface area contributed by atoms with Crippen molar-refractivity contribution in [1.82, 2.24) is 15.1 Å². The van der Waals surface area contributed by atoms with Crippen LogP contribution in [0.4, 0.5) is 0 Å². The lowest BCUT2D eigenvalue weighted by Gasteiger charge is -2.41. The Labute approximate surface area is 248 Å². The molecule has 12 nitrogen and oxygen atoms in total. The van der Waals surface area contributed by atoms with E-state index < -0.39 is 24.2 Å². The lowest BCUT2D eigenvalue weighted by atomic mass is 9.88. The smallest absolute Gasteiger partial charge is 0.247 e. The van der Waals surface area contributed by atoms with E-state index in [9.17, 15) is 24.9 Å². The van der Waals surface area contributed by atoms with Crippen LogP contribution >= 0.6 is 22.6 Å². The Balaban J connectivity index is 1.94. The molecular formula is C27H40IN3O9. The highest BCUT2D eigenvalue weighted by Crippen LogP contribution is 2.37. The number of aliphatic hydroxyl groups excluding tert-OH is 3. The Hall–Kier alpha value is -2.01. The topological polar surface area (TPSA) is 150 Å². The van der Waals surface area contributed by atoms with Crippen molar-refractivity contribution in [3.63, 3.8) is 0 Å². The van der Waals surface area contributed by atoms with Crippen molar-refractivity contribution in [2.24, 2.45) is 0 Å². The van der Waals surface area contributed by atoms with E-state index >= 15 is 0 Å². The Morgan fingerprint density at radius 2 is 1.98 bits per heavy atom. The summed E-state index contributed by atoms with van der Waals surface area (Å²) in [6, 6.07) is 2.63. The fraction of sp³-hybridized carbons (Fsp3) is 0.630. The summed E-state index contributed by atoms with van der Waals surface area (Å²) >= 11 is 2.06. The van der Waals surface area contributed by atoms with Gasteiger partial charge in [-0.15, -0.1) is 0 Å². The van der Waals surface area contributed by atoms with E-state index in [1.807, 2.05) is 0 Å². The summed E-state index contributed by atoms with van der Waals surface area (Å²) < 4.78 is 23.0. The van der Waals surface area contributed by atoms with Gasteiger partial charge in [0.25, 0.3) is 0 Å². The third-order valence-corrected chi connectivity index (χ3v) is 7.74. The highest BCUT2D eigenvalue weighted by Gasteiger charge is 2.41. The molecule has 3 atom stereocenters. The zero-order valence-corrected chi connectivity index (χ0v) is 25.2. The molecule has 3 rings (SSSR count). The van der Waals surface area contributed by atoms with Crippen molar-refractivity contribution in [2.75, 3.05) is 73.4 Å². The standard InChI is InChI=1S/C27H40IN3O9/c1-37-10-3-24(34)31(6-5-30-7-11-39-12-8-30)21-15-19(27(36)29-4-9-32)16-22(25(21)35)40-26-20(28)13-18(17-33)14-23(26)38-2/h13-14,16,21-22,25,32-33,35H,3-12,15,17H2,1-2H3,(H,29,36). The molecule has 1 aliphatic heterocycles. The first kappa shape index (κ1) is 32.5. The number of hydrogen-bond donors (Lipinski definition) is 4. The molecule has 1 heterocycles. The first-order valence-electron chi connectivity index (χ1n) is 13.3. The summed E-state index contributed by atoms with van der Waals surface area (Å²) in [6.45, 7) is 3.54. The summed E-state index contributed by atoms with van der Waals surface area (Å²) in [5, 5.41) is 33.1. The summed E-state index contributed by atoms with van der Waals surface area (Å²) in [7, 11) is 3.00. The van der Waals surface area contributed by atoms with Gasteiger partial charge < -0.3 is 44.5 Å². The molecule has 1 saturated heterocycles. The van der Waals surface area contributed by atoms with Gasteiger partial charge in [0.1, 0.15) is 12.2 Å². The van der Waals surface area contributed by atoms with E-state index in [4.69, 9.17) is 18.9 Å². The van der Waals surface area contributed by atoms with Crippen LogP contribution in [0, 0.1) is 3.57 Å². The molecule has 2 aliphatic rings. The number of hydrogen-bond acceptors (Lipinski definition) is 10. The van der Waals surface area contributed by atoms with Crippen LogP contribution in [0.15, 0.2) is 23.8 Å². The van der Waals surface area contributed by atoms with E-state index in [1.54, 1.807) is 23.1 Å². The molecule has 0 radical (unpaired) electrons. The molecule has 13 heteroatoms. The maximum Gasteiger partial charge on any atom is 0.247 e. The predicted molar refractivity (Wildman–Crippen MR) is 154 cm³/mol. The summed E-state index contributed by atoms with van der Waals surface area (Å²) in [4.78, 5) is 30.3. The van der Waals surface area contributed by atoms with Crippen LogP contribution in [0.2, 0.25) is 0 Å². The normalized spacial score (nSPS) is 21.4. The molecule has 1 aliphatic carbocycles. The molecule has 0 bridgehead atoms. The predicted octanol–water partition coefficient (Wildman–Crippen LogP) is -0.0951. The molecule has 40 heavy (non-hydrogen) atoms. The highest BCUT2D eigenvalue weighted by atomic mass is 127. The monoisotopic (exact) mass is 677 g/mol. The van der Waals surface area contributed by atoms with E-state index in [-0.39, 0.29) is 45.1 Å². The van der Waals surface area contributed by atoms with Crippen molar-refractivity contribution in [2.45, 2.75) is 37.7 Å². The van der Waals surface area contributed by atoms with E-state index in [2.05, 4.69) is 32.8 Å². The van der Waals surface area contributed by atoms with Gasteiger partial charge in [0, 0.05) is 51.8 Å². The molecule has 1 aromatic rings. The maximum atomic E-state index is 13.4. The van der Waals surface area contributed by atoms with Gasteiger partial charge in [0.15, 0.2) is 11.5 Å². The largest absolute Gasteiger partial charge is 0.493 e. The van der Waals surface area contributed by atoms with Crippen LogP contribution in [0.5, 0.6) is 11.5 Å². The fourth-order valence-corrected chi connectivity index (χ4v) is 5.57. The quantitative estimate of drug-likeness (QED) is 0.197. The van der Waals surface area contributed by atoms with Gasteiger partial charge in [-0.05, 0) is 46.4 Å². The van der Waals surface area contributed by atoms with Crippen molar-refractivity contribution in [1.29, 1.82) is 0 Å². The second-order valence-electron chi connectivity index (χ2n) is 9.57. The maximum absolute atomic E-state index is 13.4. The summed E-state index contributed by atoms with van der Waals surface area (Å²) in [5.74, 6) is 0.107. The molecule has 0 spiro atoms. The molecular weight excluding hydrogens is 637 g/mol. The number of nitrogens with zero attached hydrogens (tertiary/aromatic N) is 2. The van der Waals surface area contributed by atoms with Crippen molar-refractivity contribution in [3.8, 4) is 11.5 Å². The average Bonchev–Trinajstić information content (AvgIpc) is 2.97. The Bertz CT molecular complexity index is 1020. The molecule has 1 fully saturated rings. The van der Waals surface area contributed by atoms with Crippen LogP contribution in [0.1, 0.15) is 18.4 Å². The first-order chi connectivity index (χ1) is 19.3. The number of nitrogens with one attached hydrogen (secondary N) is 1. The van der Waals surface area contributed by atoms with Crippen molar-refractivity contribution in [3.05, 3.63) is 32.9 Å². The van der Waals surface area contributed by atoms with Crippen molar-refractivity contribution >= 4 is 34.4 Å². The van der Waals surface area contributed by atoms with Crippen LogP contribution in [-0.2, 0) is 25.7 Å². The van der Waals surface area contributed by atoms with E-state index in [1.165, 1.54) is 14.2 Å². The molecule has 3 unspecified atom stereocenters. The van der Waals surface area contributed by atoms with E-state index in [0.717, 1.165) is 13.1 Å². The second-order valence-corrected chi connectivity index (χ2v) is 10.7. The highest BCUT2D eigenvalue weighted by molar-refractivity contribution is 14.1. The molecule has 1 aromatic carbocycles. The number of aliphatic hydroxyl groups is 3. The lowest BCUT2D eigenvalue weighted by Crippen LogP contribution is -2.56. The first-order valence-corrected chi connectivity index (χ1v) is 14.4. The van der Waals surface area contributed by atoms with Gasteiger partial charge in [-0.3, -0.25) is 14.5 Å². The Morgan fingerprint density at radius 1 is 1.23 bits per heavy atom. The molecule has 0 saturated carbocycles. The third-order valence-electron chi connectivity index (χ3n) is 6.94. The second kappa shape index (κ2) is 16.4. The number of methoxy groups -OCH3 is 2. The van der Waals surface area contributed by atoms with Crippen LogP contribution in [0.25, 0.3) is 0 Å². The van der Waals surface area contributed by atoms with Gasteiger partial charge in [0.2, 0.25) is 11.8 Å². The zero-order chi connectivity index (χ0) is 29.1. The Morgan fingerprint density at radius 3 is 2.62 bits per heavy atom. The minimum atomic E-state index is -1.16. The average molecular weight is 678 g/mol. The molecule has 0 aromatic heterocycles. The number of halogens is 1. The zero-order valence-electron chi connectivity index (χ0n) is 23.0. The number of ether oxygens (including phenoxy) is 4. The summed E-state index contributed by atoms with van der Waals surface area (Å²) in [6.07, 6.45) is -0.361. The number of carbonyl (C=O) groups is 2. The van der Waals surface area contributed by atoms with Crippen LogP contribution < -0.4 is 14.8 Å². The number of carbonyl (C=O) groups excluding carboxylic acids is 2. The van der Waals surface area contributed by atoms with Gasteiger partial charge >= 0.3 is 0 Å².